The highest BCUT2D eigenvalue weighted by atomic mass is 79.9. The van der Waals surface area contributed by atoms with Crippen molar-refractivity contribution in [2.24, 2.45) is 0 Å². The summed E-state index contributed by atoms with van der Waals surface area (Å²) in [4.78, 5) is 15.4. The van der Waals surface area contributed by atoms with Crippen LogP contribution in [0.2, 0.25) is 0 Å². The van der Waals surface area contributed by atoms with Crippen LogP contribution in [0.4, 0.5) is 0 Å². The molecule has 1 aromatic heterocycles. The summed E-state index contributed by atoms with van der Waals surface area (Å²) in [5.41, 5.74) is 2.44. The first-order valence-electron chi connectivity index (χ1n) is 9.31. The highest BCUT2D eigenvalue weighted by Gasteiger charge is 2.22. The Morgan fingerprint density at radius 1 is 1.19 bits per heavy atom. The van der Waals surface area contributed by atoms with E-state index in [2.05, 4.69) is 27.8 Å². The van der Waals surface area contributed by atoms with Gasteiger partial charge in [-0.05, 0) is 56.1 Å². The molecule has 0 radical (unpaired) electrons. The Morgan fingerprint density at radius 2 is 1.96 bits per heavy atom. The van der Waals surface area contributed by atoms with Crippen molar-refractivity contribution in [1.29, 1.82) is 0 Å². The van der Waals surface area contributed by atoms with Crippen molar-refractivity contribution < 1.29 is 9.52 Å². The van der Waals surface area contributed by atoms with E-state index in [4.69, 9.17) is 4.42 Å². The van der Waals surface area contributed by atoms with E-state index in [0.29, 0.717) is 34.7 Å². The van der Waals surface area contributed by atoms with Crippen molar-refractivity contribution in [2.75, 3.05) is 6.54 Å². The van der Waals surface area contributed by atoms with Crippen LogP contribution < -0.4 is 5.43 Å². The Bertz CT molecular complexity index is 1030. The first-order valence-corrected chi connectivity index (χ1v) is 10.1. The molecule has 0 spiro atoms. The molecule has 140 valence electrons. The van der Waals surface area contributed by atoms with Gasteiger partial charge in [-0.3, -0.25) is 9.69 Å². The van der Waals surface area contributed by atoms with Gasteiger partial charge in [0.1, 0.15) is 17.6 Å². The van der Waals surface area contributed by atoms with E-state index in [1.54, 1.807) is 12.1 Å². The highest BCUT2D eigenvalue weighted by molar-refractivity contribution is 9.10. The van der Waals surface area contributed by atoms with Gasteiger partial charge in [-0.1, -0.05) is 34.5 Å². The van der Waals surface area contributed by atoms with E-state index in [1.807, 2.05) is 24.3 Å². The molecule has 1 atom stereocenters. The fraction of sp³-hybridized carbons (Fsp3) is 0.318. The number of hydrogen-bond donors (Lipinski definition) is 1. The largest absolute Gasteiger partial charge is 0.507 e. The molecule has 1 N–H and O–H groups in total. The number of halogens is 1. The molecule has 27 heavy (non-hydrogen) atoms. The molecule has 0 bridgehead atoms. The quantitative estimate of drug-likeness (QED) is 0.615. The topological polar surface area (TPSA) is 53.7 Å². The number of phenolic OH excluding ortho intramolecular Hbond substituents is 1. The Kier molecular flexibility index (Phi) is 5.06. The molecule has 0 unspecified atom stereocenters. The van der Waals surface area contributed by atoms with Crippen LogP contribution in [0.1, 0.15) is 31.7 Å². The van der Waals surface area contributed by atoms with E-state index in [1.165, 1.54) is 12.7 Å². The molecule has 1 saturated heterocycles. The highest BCUT2D eigenvalue weighted by Crippen LogP contribution is 2.31. The van der Waals surface area contributed by atoms with Crippen LogP contribution in [0.25, 0.3) is 22.1 Å². The number of rotatable bonds is 3. The lowest BCUT2D eigenvalue weighted by Crippen LogP contribution is -2.36. The van der Waals surface area contributed by atoms with Crippen LogP contribution >= 0.6 is 15.9 Å². The number of benzene rings is 2. The van der Waals surface area contributed by atoms with Gasteiger partial charge in [-0.25, -0.2) is 0 Å². The lowest BCUT2D eigenvalue weighted by atomic mass is 10.0. The van der Waals surface area contributed by atoms with Crippen molar-refractivity contribution in [1.82, 2.24) is 4.90 Å². The maximum absolute atomic E-state index is 13.1. The van der Waals surface area contributed by atoms with Gasteiger partial charge in [-0.15, -0.1) is 0 Å². The van der Waals surface area contributed by atoms with Crippen LogP contribution in [0.3, 0.4) is 0 Å². The van der Waals surface area contributed by atoms with Gasteiger partial charge < -0.3 is 9.52 Å². The molecular formula is C22H22BrNO3. The first kappa shape index (κ1) is 18.3. The summed E-state index contributed by atoms with van der Waals surface area (Å²) < 4.78 is 6.86. The molecule has 0 amide bonds. The third-order valence-electron chi connectivity index (χ3n) is 5.48. The fourth-order valence-corrected chi connectivity index (χ4v) is 4.09. The minimum Gasteiger partial charge on any atom is -0.507 e. The van der Waals surface area contributed by atoms with E-state index in [9.17, 15) is 9.90 Å². The van der Waals surface area contributed by atoms with Gasteiger partial charge in [0.25, 0.3) is 0 Å². The molecular weight excluding hydrogens is 406 g/mol. The number of nitrogens with zero attached hydrogens (tertiary/aromatic N) is 1. The van der Waals surface area contributed by atoms with Crippen LogP contribution in [0.15, 0.2) is 56.3 Å². The second-order valence-electron chi connectivity index (χ2n) is 7.24. The van der Waals surface area contributed by atoms with Gasteiger partial charge in [0, 0.05) is 17.1 Å². The van der Waals surface area contributed by atoms with E-state index < -0.39 is 0 Å². The van der Waals surface area contributed by atoms with Gasteiger partial charge in [0.2, 0.25) is 5.43 Å². The monoisotopic (exact) mass is 427 g/mol. The fourth-order valence-electron chi connectivity index (χ4n) is 3.82. The van der Waals surface area contributed by atoms with Gasteiger partial charge in [-0.2, -0.15) is 0 Å². The van der Waals surface area contributed by atoms with Crippen molar-refractivity contribution in [3.63, 3.8) is 0 Å². The number of piperidine rings is 1. The molecule has 1 aliphatic heterocycles. The third kappa shape index (κ3) is 3.54. The van der Waals surface area contributed by atoms with E-state index in [-0.39, 0.29) is 11.2 Å². The lowest BCUT2D eigenvalue weighted by Gasteiger charge is -2.33. The average molecular weight is 428 g/mol. The summed E-state index contributed by atoms with van der Waals surface area (Å²) in [5, 5.41) is 10.9. The Hall–Kier alpha value is -2.11. The second-order valence-corrected chi connectivity index (χ2v) is 8.16. The summed E-state index contributed by atoms with van der Waals surface area (Å²) in [6, 6.07) is 11.3. The van der Waals surface area contributed by atoms with Gasteiger partial charge in [0.15, 0.2) is 0 Å². The minimum absolute atomic E-state index is 0.0773. The van der Waals surface area contributed by atoms with Crippen LogP contribution in [0, 0.1) is 0 Å². The Morgan fingerprint density at radius 3 is 2.70 bits per heavy atom. The molecule has 5 heteroatoms. The summed E-state index contributed by atoms with van der Waals surface area (Å²) in [6.45, 7) is 3.80. The standard InChI is InChI=1S/C22H22BrNO3/c1-14-4-2-3-11-24(14)12-18-20(25)10-9-17-21(26)19(13-27-22(17)18)15-5-7-16(23)8-6-15/h5-10,13-14,25H,2-4,11-12H2,1H3/t14-/m0/s1. The molecule has 0 aliphatic carbocycles. The Labute approximate surface area is 166 Å². The maximum Gasteiger partial charge on any atom is 0.200 e. The SMILES string of the molecule is C[C@H]1CCCCN1Cc1c(O)ccc2c(=O)c(-c3ccc(Br)cc3)coc12. The van der Waals surface area contributed by atoms with Gasteiger partial charge in [0.05, 0.1) is 16.5 Å². The smallest absolute Gasteiger partial charge is 0.200 e. The van der Waals surface area contributed by atoms with Crippen LogP contribution in [-0.4, -0.2) is 22.6 Å². The van der Waals surface area contributed by atoms with Crippen LogP contribution in [0.5, 0.6) is 5.75 Å². The van der Waals surface area contributed by atoms with Gasteiger partial charge >= 0.3 is 0 Å². The van der Waals surface area contributed by atoms with Crippen molar-refractivity contribution in [3.05, 3.63) is 62.9 Å². The summed E-state index contributed by atoms with van der Waals surface area (Å²) in [7, 11) is 0. The molecule has 2 heterocycles. The number of phenols is 1. The zero-order valence-corrected chi connectivity index (χ0v) is 16.8. The van der Waals surface area contributed by atoms with Crippen LogP contribution in [-0.2, 0) is 6.54 Å². The normalized spacial score (nSPS) is 18.1. The molecule has 3 aromatic rings. The first-order chi connectivity index (χ1) is 13.0. The van der Waals surface area contributed by atoms with E-state index >= 15 is 0 Å². The Balaban J connectivity index is 1.79. The average Bonchev–Trinajstić information content (AvgIpc) is 2.67. The molecule has 2 aromatic carbocycles. The molecule has 0 saturated carbocycles. The number of likely N-dealkylation sites (tertiary alicyclic amines) is 1. The minimum atomic E-state index is -0.0773. The summed E-state index contributed by atoms with van der Waals surface area (Å²) >= 11 is 3.41. The lowest BCUT2D eigenvalue weighted by molar-refractivity contribution is 0.151. The zero-order chi connectivity index (χ0) is 19.0. The second kappa shape index (κ2) is 7.49. The zero-order valence-electron chi connectivity index (χ0n) is 15.2. The number of hydrogen-bond acceptors (Lipinski definition) is 4. The van der Waals surface area contributed by atoms with E-state index in [0.717, 1.165) is 29.4 Å². The molecule has 4 rings (SSSR count). The molecule has 4 nitrogen and oxygen atoms in total. The predicted molar refractivity (Wildman–Crippen MR) is 111 cm³/mol. The predicted octanol–water partition coefficient (Wildman–Crippen LogP) is 5.30. The summed E-state index contributed by atoms with van der Waals surface area (Å²) in [6.07, 6.45) is 5.07. The number of fused-ring (bicyclic) bond motifs is 1. The summed E-state index contributed by atoms with van der Waals surface area (Å²) in [5.74, 6) is 0.180. The molecule has 1 aliphatic rings. The van der Waals surface area contributed by atoms with Crippen molar-refractivity contribution in [2.45, 2.75) is 38.8 Å². The van der Waals surface area contributed by atoms with Crippen molar-refractivity contribution >= 4 is 26.9 Å². The maximum atomic E-state index is 13.1. The molecule has 1 fully saturated rings. The van der Waals surface area contributed by atoms with Crippen molar-refractivity contribution in [3.8, 4) is 16.9 Å². The number of aromatic hydroxyl groups is 1. The third-order valence-corrected chi connectivity index (χ3v) is 6.01.